The summed E-state index contributed by atoms with van der Waals surface area (Å²) in [5.41, 5.74) is 3.69. The summed E-state index contributed by atoms with van der Waals surface area (Å²) >= 11 is 3.00. The van der Waals surface area contributed by atoms with Gasteiger partial charge in [-0.05, 0) is 34.8 Å². The molecule has 0 atom stereocenters. The fraction of sp³-hybridized carbons (Fsp3) is 0.462. The first-order valence-corrected chi connectivity index (χ1v) is 7.11. The molecule has 0 saturated heterocycles. The molecule has 0 heterocycles. The molecule has 0 aromatic heterocycles. The predicted octanol–water partition coefficient (Wildman–Crippen LogP) is 2.87. The van der Waals surface area contributed by atoms with E-state index >= 15 is 0 Å². The molecule has 1 aliphatic rings. The highest BCUT2D eigenvalue weighted by molar-refractivity contribution is 9.10. The Hall–Kier alpha value is -1.21. The lowest BCUT2D eigenvalue weighted by atomic mass is 9.98. The molecular formula is C13H15BrF2N2O2. The molecule has 1 amide bonds. The molecule has 1 aromatic carbocycles. The van der Waals surface area contributed by atoms with Gasteiger partial charge in [-0.1, -0.05) is 12.8 Å². The smallest absolute Gasteiger partial charge is 0.241 e. The van der Waals surface area contributed by atoms with Crippen molar-refractivity contribution in [1.29, 1.82) is 0 Å². The zero-order chi connectivity index (χ0) is 14.8. The van der Waals surface area contributed by atoms with E-state index in [2.05, 4.69) is 26.8 Å². The van der Waals surface area contributed by atoms with Crippen molar-refractivity contribution in [2.24, 2.45) is 0 Å². The summed E-state index contributed by atoms with van der Waals surface area (Å²) in [7, 11) is 0. The maximum Gasteiger partial charge on any atom is 0.241 e. The van der Waals surface area contributed by atoms with Gasteiger partial charge in [-0.25, -0.2) is 8.78 Å². The average molecular weight is 349 g/mol. The molecule has 1 aliphatic carbocycles. The minimum atomic E-state index is -0.968. The number of carbonyl (C=O) groups excluding carboxylic acids is 1. The van der Waals surface area contributed by atoms with Gasteiger partial charge in [-0.15, -0.1) is 0 Å². The molecule has 110 valence electrons. The zero-order valence-corrected chi connectivity index (χ0v) is 12.3. The molecule has 1 saturated carbocycles. The van der Waals surface area contributed by atoms with E-state index in [1.807, 2.05) is 0 Å². The topological polar surface area (TPSA) is 61.4 Å². The molecule has 4 nitrogen and oxygen atoms in total. The second-order valence-corrected chi connectivity index (χ2v) is 5.88. The second kappa shape index (κ2) is 6.05. The van der Waals surface area contributed by atoms with Crippen LogP contribution in [0.25, 0.3) is 0 Å². The quantitative estimate of drug-likeness (QED) is 0.733. The van der Waals surface area contributed by atoms with E-state index in [9.17, 15) is 18.7 Å². The Kier molecular flexibility index (Phi) is 4.59. The number of aliphatic hydroxyl groups is 1. The molecule has 0 aliphatic heterocycles. The fourth-order valence-corrected chi connectivity index (χ4v) is 2.85. The van der Waals surface area contributed by atoms with Crippen LogP contribution in [0.15, 0.2) is 16.6 Å². The van der Waals surface area contributed by atoms with Crippen molar-refractivity contribution in [3.05, 3.63) is 28.2 Å². The summed E-state index contributed by atoms with van der Waals surface area (Å²) in [6.45, 7) is 0. The van der Waals surface area contributed by atoms with Crippen LogP contribution in [-0.2, 0) is 4.79 Å². The summed E-state index contributed by atoms with van der Waals surface area (Å²) in [5.74, 6) is -1.98. The number of amides is 1. The molecular weight excluding hydrogens is 334 g/mol. The first-order chi connectivity index (χ1) is 9.39. The van der Waals surface area contributed by atoms with Gasteiger partial charge in [0.25, 0.3) is 0 Å². The Bertz CT molecular complexity index is 496. The number of benzene rings is 1. The van der Waals surface area contributed by atoms with Crippen molar-refractivity contribution in [1.82, 2.24) is 5.43 Å². The first kappa shape index (κ1) is 15.2. The van der Waals surface area contributed by atoms with Crippen LogP contribution in [0.1, 0.15) is 32.1 Å². The molecule has 0 unspecified atom stereocenters. The molecule has 0 radical (unpaired) electrons. The van der Waals surface area contributed by atoms with Gasteiger partial charge in [0.2, 0.25) is 5.91 Å². The molecule has 1 aromatic rings. The number of rotatable bonds is 4. The van der Waals surface area contributed by atoms with Gasteiger partial charge in [0.15, 0.2) is 5.82 Å². The van der Waals surface area contributed by atoms with Crippen molar-refractivity contribution >= 4 is 27.5 Å². The van der Waals surface area contributed by atoms with Crippen LogP contribution in [0.5, 0.6) is 0 Å². The molecule has 0 spiro atoms. The SMILES string of the molecule is O=C(CC1(O)CCCC1)NNc1c(F)cc(F)cc1Br. The molecule has 20 heavy (non-hydrogen) atoms. The summed E-state index contributed by atoms with van der Waals surface area (Å²) in [4.78, 5) is 11.7. The largest absolute Gasteiger partial charge is 0.389 e. The predicted molar refractivity (Wildman–Crippen MR) is 73.9 cm³/mol. The number of carbonyl (C=O) groups is 1. The van der Waals surface area contributed by atoms with Gasteiger partial charge in [0, 0.05) is 10.5 Å². The van der Waals surface area contributed by atoms with E-state index < -0.39 is 23.1 Å². The Morgan fingerprint density at radius 2 is 2.00 bits per heavy atom. The van der Waals surface area contributed by atoms with E-state index in [1.165, 1.54) is 0 Å². The van der Waals surface area contributed by atoms with Crippen molar-refractivity contribution < 1.29 is 18.7 Å². The number of hydrogen-bond donors (Lipinski definition) is 3. The Morgan fingerprint density at radius 3 is 2.60 bits per heavy atom. The highest BCUT2D eigenvalue weighted by atomic mass is 79.9. The van der Waals surface area contributed by atoms with E-state index in [0.717, 1.165) is 18.9 Å². The molecule has 3 N–H and O–H groups in total. The average Bonchev–Trinajstić information content (AvgIpc) is 2.74. The molecule has 7 heteroatoms. The lowest BCUT2D eigenvalue weighted by Gasteiger charge is -2.21. The number of anilines is 1. The highest BCUT2D eigenvalue weighted by Crippen LogP contribution is 2.32. The van der Waals surface area contributed by atoms with Crippen LogP contribution in [0.4, 0.5) is 14.5 Å². The van der Waals surface area contributed by atoms with Crippen molar-refractivity contribution in [3.63, 3.8) is 0 Å². The van der Waals surface area contributed by atoms with Crippen LogP contribution < -0.4 is 10.9 Å². The summed E-state index contributed by atoms with van der Waals surface area (Å²) in [5, 5.41) is 10.1. The van der Waals surface area contributed by atoms with Crippen molar-refractivity contribution in [2.45, 2.75) is 37.7 Å². The maximum atomic E-state index is 13.5. The summed E-state index contributed by atoms with van der Waals surface area (Å²) in [6.07, 6.45) is 2.94. The number of hydrazine groups is 1. The van der Waals surface area contributed by atoms with Gasteiger partial charge in [-0.3, -0.25) is 15.6 Å². The standard InChI is InChI=1S/C13H15BrF2N2O2/c14-9-5-8(15)6-10(16)12(9)18-17-11(19)7-13(20)3-1-2-4-13/h5-6,18,20H,1-4,7H2,(H,17,19). The van der Waals surface area contributed by atoms with Crippen LogP contribution in [0, 0.1) is 11.6 Å². The minimum Gasteiger partial charge on any atom is -0.389 e. The van der Waals surface area contributed by atoms with E-state index in [0.29, 0.717) is 18.9 Å². The first-order valence-electron chi connectivity index (χ1n) is 6.31. The van der Waals surface area contributed by atoms with Gasteiger partial charge in [0.05, 0.1) is 12.0 Å². The number of halogens is 3. The van der Waals surface area contributed by atoms with Gasteiger partial charge in [0.1, 0.15) is 11.5 Å². The van der Waals surface area contributed by atoms with Crippen LogP contribution in [0.3, 0.4) is 0 Å². The molecule has 0 bridgehead atoms. The zero-order valence-electron chi connectivity index (χ0n) is 10.7. The molecule has 1 fully saturated rings. The third-order valence-electron chi connectivity index (χ3n) is 3.36. The normalized spacial score (nSPS) is 17.0. The third-order valence-corrected chi connectivity index (χ3v) is 3.98. The van der Waals surface area contributed by atoms with Gasteiger partial charge in [-0.2, -0.15) is 0 Å². The van der Waals surface area contributed by atoms with E-state index in [-0.39, 0.29) is 16.6 Å². The fourth-order valence-electron chi connectivity index (χ4n) is 2.35. The van der Waals surface area contributed by atoms with Gasteiger partial charge < -0.3 is 5.11 Å². The Balaban J connectivity index is 1.93. The minimum absolute atomic E-state index is 0.0412. The molecule has 2 rings (SSSR count). The van der Waals surface area contributed by atoms with Crippen LogP contribution in [0.2, 0.25) is 0 Å². The van der Waals surface area contributed by atoms with E-state index in [1.54, 1.807) is 0 Å². The highest BCUT2D eigenvalue weighted by Gasteiger charge is 2.33. The monoisotopic (exact) mass is 348 g/mol. The summed E-state index contributed by atoms with van der Waals surface area (Å²) in [6, 6.07) is 1.80. The van der Waals surface area contributed by atoms with Gasteiger partial charge >= 0.3 is 0 Å². The van der Waals surface area contributed by atoms with Crippen molar-refractivity contribution in [2.75, 3.05) is 5.43 Å². The lowest BCUT2D eigenvalue weighted by Crippen LogP contribution is -2.37. The second-order valence-electron chi connectivity index (χ2n) is 5.03. The Morgan fingerprint density at radius 1 is 1.35 bits per heavy atom. The number of hydrogen-bond acceptors (Lipinski definition) is 3. The van der Waals surface area contributed by atoms with Crippen LogP contribution in [-0.4, -0.2) is 16.6 Å². The van der Waals surface area contributed by atoms with Crippen molar-refractivity contribution in [3.8, 4) is 0 Å². The maximum absolute atomic E-state index is 13.5. The van der Waals surface area contributed by atoms with E-state index in [4.69, 9.17) is 0 Å². The summed E-state index contributed by atoms with van der Waals surface area (Å²) < 4.78 is 26.6. The lowest BCUT2D eigenvalue weighted by molar-refractivity contribution is -0.125. The van der Waals surface area contributed by atoms with Crippen LogP contribution >= 0.6 is 15.9 Å². The third kappa shape index (κ3) is 3.67. The number of nitrogens with one attached hydrogen (secondary N) is 2. The Labute approximate surface area is 123 Å².